The third kappa shape index (κ3) is 5.66. The third-order valence-corrected chi connectivity index (χ3v) is 7.18. The third-order valence-electron chi connectivity index (χ3n) is 5.24. The molecule has 0 bridgehead atoms. The summed E-state index contributed by atoms with van der Waals surface area (Å²) >= 11 is 2.74. The molecule has 0 saturated carbocycles. The highest BCUT2D eigenvalue weighted by molar-refractivity contribution is 7.22. The molecule has 4 heterocycles. The summed E-state index contributed by atoms with van der Waals surface area (Å²) in [5.74, 6) is -0.566. The Bertz CT molecular complexity index is 1690. The molecule has 0 aliphatic carbocycles. The highest BCUT2D eigenvalue weighted by Crippen LogP contribution is 2.30. The smallest absolute Gasteiger partial charge is 0.412 e. The Labute approximate surface area is 225 Å². The Hall–Kier alpha value is -4.29. The number of carbonyl (C=O) groups is 3. The van der Waals surface area contributed by atoms with Crippen molar-refractivity contribution < 1.29 is 19.1 Å². The van der Waals surface area contributed by atoms with Crippen molar-refractivity contribution in [3.63, 3.8) is 0 Å². The minimum atomic E-state index is -0.634. The number of nitrogens with zero attached hydrogens (tertiary/aromatic N) is 3. The number of aromatic nitrogens is 3. The fraction of sp³-hybridized carbons (Fsp3) is 0.192. The second-order valence-corrected chi connectivity index (χ2v) is 11.8. The van der Waals surface area contributed by atoms with Crippen LogP contribution in [-0.4, -0.2) is 38.1 Å². The minimum absolute atomic E-state index is 0.204. The zero-order valence-corrected chi connectivity index (χ0v) is 22.6. The number of benzene rings is 1. The van der Waals surface area contributed by atoms with Crippen LogP contribution in [0, 0.1) is 6.92 Å². The van der Waals surface area contributed by atoms with Crippen molar-refractivity contribution in [2.75, 3.05) is 16.0 Å². The lowest BCUT2D eigenvalue weighted by Gasteiger charge is -2.19. The van der Waals surface area contributed by atoms with E-state index in [1.807, 2.05) is 13.0 Å². The molecule has 194 valence electrons. The maximum Gasteiger partial charge on any atom is 0.412 e. The molecule has 5 aromatic rings. The Morgan fingerprint density at radius 1 is 0.921 bits per heavy atom. The number of nitrogens with one attached hydrogen (secondary N) is 3. The Kier molecular flexibility index (Phi) is 6.59. The number of fused-ring (bicyclic) bond motifs is 2. The fourth-order valence-corrected chi connectivity index (χ4v) is 5.29. The van der Waals surface area contributed by atoms with Gasteiger partial charge in [-0.3, -0.25) is 20.2 Å². The van der Waals surface area contributed by atoms with Gasteiger partial charge in [0.05, 0.1) is 32.4 Å². The number of aryl methyl sites for hydroxylation is 1. The summed E-state index contributed by atoms with van der Waals surface area (Å²) in [5.41, 5.74) is 1.97. The van der Waals surface area contributed by atoms with Gasteiger partial charge in [0, 0.05) is 22.4 Å². The first-order valence-corrected chi connectivity index (χ1v) is 13.2. The molecule has 0 fully saturated rings. The molecule has 3 N–H and O–H groups in total. The van der Waals surface area contributed by atoms with Gasteiger partial charge in [0.1, 0.15) is 5.60 Å². The zero-order valence-electron chi connectivity index (χ0n) is 21.0. The average molecular weight is 549 g/mol. The van der Waals surface area contributed by atoms with Crippen molar-refractivity contribution in [3.05, 3.63) is 70.2 Å². The lowest BCUT2D eigenvalue weighted by atomic mass is 10.2. The van der Waals surface area contributed by atoms with Gasteiger partial charge in [0.2, 0.25) is 0 Å². The van der Waals surface area contributed by atoms with Crippen LogP contribution in [0.4, 0.5) is 21.3 Å². The van der Waals surface area contributed by atoms with Crippen LogP contribution >= 0.6 is 22.7 Å². The normalized spacial score (nSPS) is 11.5. The van der Waals surface area contributed by atoms with E-state index in [0.717, 1.165) is 9.58 Å². The van der Waals surface area contributed by atoms with Gasteiger partial charge in [-0.2, -0.15) is 5.10 Å². The summed E-state index contributed by atoms with van der Waals surface area (Å²) < 4.78 is 7.65. The second-order valence-electron chi connectivity index (χ2n) is 9.45. The minimum Gasteiger partial charge on any atom is -0.444 e. The van der Waals surface area contributed by atoms with Crippen molar-refractivity contribution in [2.45, 2.75) is 33.3 Å². The van der Waals surface area contributed by atoms with Crippen molar-refractivity contribution in [2.24, 2.45) is 0 Å². The second kappa shape index (κ2) is 9.88. The Morgan fingerprint density at radius 2 is 1.71 bits per heavy atom. The number of thiazole rings is 1. The molecular weight excluding hydrogens is 524 g/mol. The lowest BCUT2D eigenvalue weighted by Crippen LogP contribution is -2.27. The standard InChI is InChI=1S/C26H24N6O4S2/c1-14-5-8-20(37-14)23(34)31-24-30-18-7-6-15(12-21(18)38-24)28-22(33)17-13-27-32-10-9-16(11-19(17)32)29-25(35)36-26(2,3)4/h5-13H,1-4H3,(H,28,33)(H,29,35)(H,30,31,34). The van der Waals surface area contributed by atoms with Gasteiger partial charge in [-0.15, -0.1) is 11.3 Å². The maximum absolute atomic E-state index is 13.1. The van der Waals surface area contributed by atoms with Crippen molar-refractivity contribution in [3.8, 4) is 0 Å². The highest BCUT2D eigenvalue weighted by atomic mass is 32.1. The topological polar surface area (TPSA) is 127 Å². The zero-order chi connectivity index (χ0) is 27.0. The molecular formula is C26H24N6O4S2. The SMILES string of the molecule is Cc1ccc(C(=O)Nc2nc3ccc(NC(=O)c4cnn5ccc(NC(=O)OC(C)(C)C)cc45)cc3s2)s1. The number of ether oxygens (including phenoxy) is 1. The van der Waals surface area contributed by atoms with E-state index in [2.05, 4.69) is 26.0 Å². The van der Waals surface area contributed by atoms with Gasteiger partial charge in [0.25, 0.3) is 11.8 Å². The maximum atomic E-state index is 13.1. The van der Waals surface area contributed by atoms with Crippen molar-refractivity contribution >= 4 is 72.8 Å². The van der Waals surface area contributed by atoms with Gasteiger partial charge < -0.3 is 10.1 Å². The molecule has 0 radical (unpaired) electrons. The number of hydrogen-bond donors (Lipinski definition) is 3. The molecule has 0 spiro atoms. The Balaban J connectivity index is 1.31. The van der Waals surface area contributed by atoms with E-state index in [9.17, 15) is 14.4 Å². The molecule has 0 atom stereocenters. The van der Waals surface area contributed by atoms with E-state index in [-0.39, 0.29) is 11.8 Å². The van der Waals surface area contributed by atoms with Crippen LogP contribution in [0.2, 0.25) is 0 Å². The van der Waals surface area contributed by atoms with Gasteiger partial charge in [-0.1, -0.05) is 11.3 Å². The van der Waals surface area contributed by atoms with Gasteiger partial charge in [-0.05, 0) is 70.2 Å². The lowest BCUT2D eigenvalue weighted by molar-refractivity contribution is 0.0635. The van der Waals surface area contributed by atoms with E-state index >= 15 is 0 Å². The summed E-state index contributed by atoms with van der Waals surface area (Å²) in [6.07, 6.45) is 2.52. The van der Waals surface area contributed by atoms with Crippen LogP contribution in [0.25, 0.3) is 15.7 Å². The van der Waals surface area contributed by atoms with E-state index in [1.54, 1.807) is 67.9 Å². The first-order valence-electron chi connectivity index (χ1n) is 11.6. The molecule has 1 aromatic carbocycles. The van der Waals surface area contributed by atoms with Gasteiger partial charge in [0.15, 0.2) is 5.13 Å². The van der Waals surface area contributed by atoms with E-state index in [4.69, 9.17) is 4.74 Å². The molecule has 0 aliphatic rings. The molecule has 3 amide bonds. The van der Waals surface area contributed by atoms with E-state index in [1.165, 1.54) is 28.9 Å². The van der Waals surface area contributed by atoms with Crippen LogP contribution in [0.5, 0.6) is 0 Å². The molecule has 0 saturated heterocycles. The first kappa shape index (κ1) is 25.4. The summed E-state index contributed by atoms with van der Waals surface area (Å²) in [4.78, 5) is 43.9. The Morgan fingerprint density at radius 3 is 2.45 bits per heavy atom. The average Bonchev–Trinajstić information content (AvgIpc) is 3.55. The number of amides is 3. The van der Waals surface area contributed by atoms with Crippen molar-refractivity contribution in [1.82, 2.24) is 14.6 Å². The molecule has 0 aliphatic heterocycles. The fourth-order valence-electron chi connectivity index (χ4n) is 3.62. The number of thiophene rings is 1. The van der Waals surface area contributed by atoms with Crippen LogP contribution in [0.3, 0.4) is 0 Å². The number of hydrogen-bond acceptors (Lipinski definition) is 8. The number of rotatable bonds is 5. The molecule has 4 aromatic heterocycles. The van der Waals surface area contributed by atoms with Crippen LogP contribution in [0.15, 0.2) is 54.9 Å². The first-order chi connectivity index (χ1) is 18.0. The van der Waals surface area contributed by atoms with Gasteiger partial charge >= 0.3 is 6.09 Å². The van der Waals surface area contributed by atoms with Gasteiger partial charge in [-0.25, -0.2) is 14.3 Å². The number of pyridine rings is 1. The highest BCUT2D eigenvalue weighted by Gasteiger charge is 2.18. The predicted molar refractivity (Wildman–Crippen MR) is 150 cm³/mol. The summed E-state index contributed by atoms with van der Waals surface area (Å²) in [6.45, 7) is 7.28. The number of carbonyl (C=O) groups excluding carboxylic acids is 3. The number of anilines is 3. The van der Waals surface area contributed by atoms with Crippen LogP contribution in [-0.2, 0) is 4.74 Å². The van der Waals surface area contributed by atoms with Crippen LogP contribution < -0.4 is 16.0 Å². The quantitative estimate of drug-likeness (QED) is 0.241. The summed E-state index contributed by atoms with van der Waals surface area (Å²) in [5, 5.41) is 13.1. The van der Waals surface area contributed by atoms with E-state index < -0.39 is 11.7 Å². The van der Waals surface area contributed by atoms with Crippen LogP contribution in [0.1, 0.15) is 45.7 Å². The molecule has 12 heteroatoms. The monoisotopic (exact) mass is 548 g/mol. The molecule has 5 rings (SSSR count). The largest absolute Gasteiger partial charge is 0.444 e. The summed E-state index contributed by atoms with van der Waals surface area (Å²) in [6, 6.07) is 12.3. The predicted octanol–water partition coefficient (Wildman–Crippen LogP) is 6.17. The molecule has 0 unspecified atom stereocenters. The molecule has 38 heavy (non-hydrogen) atoms. The molecule has 10 nitrogen and oxygen atoms in total. The summed E-state index contributed by atoms with van der Waals surface area (Å²) in [7, 11) is 0. The van der Waals surface area contributed by atoms with E-state index in [0.29, 0.717) is 38.0 Å². The van der Waals surface area contributed by atoms with Crippen molar-refractivity contribution in [1.29, 1.82) is 0 Å².